The quantitative estimate of drug-likeness (QED) is 0.137. The molecule has 7 heteroatoms. The molecule has 4 aromatic rings. The second-order valence-corrected chi connectivity index (χ2v) is 16.0. The minimum Gasteiger partial charge on any atom is -0.444 e. The van der Waals surface area contributed by atoms with Crippen molar-refractivity contribution in [3.8, 4) is 0 Å². The van der Waals surface area contributed by atoms with Crippen molar-refractivity contribution in [1.82, 2.24) is 15.5 Å². The number of carbonyl (C=O) groups is 2. The Morgan fingerprint density at radius 3 is 1.74 bits per heavy atom. The molecule has 6 nitrogen and oxygen atoms in total. The van der Waals surface area contributed by atoms with Crippen LogP contribution in [0.3, 0.4) is 0 Å². The normalized spacial score (nSPS) is 18.2. The first-order valence-corrected chi connectivity index (χ1v) is 18.8. The van der Waals surface area contributed by atoms with E-state index in [2.05, 4.69) is 135 Å². The van der Waals surface area contributed by atoms with E-state index in [0.717, 1.165) is 12.0 Å². The van der Waals surface area contributed by atoms with E-state index in [1.165, 1.54) is 16.7 Å². The second kappa shape index (κ2) is 16.8. The number of carbonyl (C=O) groups excluding carboxylic acids is 2. The first-order chi connectivity index (χ1) is 24.0. The Labute approximate surface area is 303 Å². The zero-order valence-corrected chi connectivity index (χ0v) is 31.2. The summed E-state index contributed by atoms with van der Waals surface area (Å²) in [6.45, 7) is 12.9. The van der Waals surface area contributed by atoms with Gasteiger partial charge in [-0.25, -0.2) is 4.79 Å². The number of benzene rings is 4. The van der Waals surface area contributed by atoms with Gasteiger partial charge in [0, 0.05) is 24.4 Å². The predicted molar refractivity (Wildman–Crippen MR) is 206 cm³/mol. The average molecular weight is 692 g/mol. The molecule has 3 unspecified atom stereocenters. The van der Waals surface area contributed by atoms with Crippen LogP contribution in [-0.2, 0) is 14.3 Å². The molecule has 0 spiro atoms. The number of hydrogen-bond donors (Lipinski definition) is 2. The molecule has 2 N–H and O–H groups in total. The van der Waals surface area contributed by atoms with Gasteiger partial charge in [-0.3, -0.25) is 10.1 Å². The lowest BCUT2D eigenvalue weighted by molar-refractivity contribution is -0.124. The van der Waals surface area contributed by atoms with Crippen LogP contribution in [0.2, 0.25) is 0 Å². The number of nitrogens with zero attached hydrogens (tertiary/aromatic N) is 1. The van der Waals surface area contributed by atoms with Crippen molar-refractivity contribution in [2.45, 2.75) is 88.1 Å². The number of ether oxygens (including phenoxy) is 1. The molecule has 0 saturated carbocycles. The summed E-state index contributed by atoms with van der Waals surface area (Å²) in [7, 11) is 0. The highest BCUT2D eigenvalue weighted by Crippen LogP contribution is 2.52. The van der Waals surface area contributed by atoms with Crippen LogP contribution in [0.1, 0.15) is 82.7 Å². The van der Waals surface area contributed by atoms with E-state index in [-0.39, 0.29) is 41.3 Å². The Hall–Kier alpha value is -4.07. The molecular weight excluding hydrogens is 639 g/mol. The summed E-state index contributed by atoms with van der Waals surface area (Å²) in [6, 6.07) is 41.5. The molecule has 50 heavy (non-hydrogen) atoms. The molecule has 0 bridgehead atoms. The van der Waals surface area contributed by atoms with Crippen LogP contribution in [0.5, 0.6) is 0 Å². The summed E-state index contributed by atoms with van der Waals surface area (Å²) in [5, 5.41) is 6.92. The van der Waals surface area contributed by atoms with Crippen LogP contribution >= 0.6 is 11.8 Å². The van der Waals surface area contributed by atoms with Crippen LogP contribution in [0.4, 0.5) is 4.79 Å². The lowest BCUT2D eigenvalue weighted by Gasteiger charge is -2.37. The van der Waals surface area contributed by atoms with E-state index in [1.807, 2.05) is 55.6 Å². The molecule has 0 radical (unpaired) electrons. The van der Waals surface area contributed by atoms with Crippen LogP contribution in [0, 0.1) is 5.92 Å². The van der Waals surface area contributed by atoms with Gasteiger partial charge >= 0.3 is 6.09 Å². The fourth-order valence-corrected chi connectivity index (χ4v) is 8.71. The van der Waals surface area contributed by atoms with Crippen molar-refractivity contribution in [2.75, 3.05) is 13.1 Å². The van der Waals surface area contributed by atoms with Gasteiger partial charge in [0.05, 0.1) is 16.8 Å². The lowest BCUT2D eigenvalue weighted by atomic mass is 9.84. The molecule has 1 aliphatic rings. The van der Waals surface area contributed by atoms with Gasteiger partial charge in [0.2, 0.25) is 5.91 Å². The zero-order valence-electron chi connectivity index (χ0n) is 30.3. The van der Waals surface area contributed by atoms with Crippen LogP contribution in [-0.4, -0.2) is 52.9 Å². The predicted octanol–water partition coefficient (Wildman–Crippen LogP) is 8.97. The number of nitrogens with one attached hydrogen (secondary N) is 2. The van der Waals surface area contributed by atoms with Gasteiger partial charge in [0.25, 0.3) is 0 Å². The third-order valence-electron chi connectivity index (χ3n) is 9.62. The summed E-state index contributed by atoms with van der Waals surface area (Å²) in [4.78, 5) is 29.6. The Morgan fingerprint density at radius 2 is 1.28 bits per heavy atom. The Kier molecular flexibility index (Phi) is 12.5. The van der Waals surface area contributed by atoms with Crippen LogP contribution in [0.15, 0.2) is 121 Å². The van der Waals surface area contributed by atoms with E-state index in [0.29, 0.717) is 19.5 Å². The van der Waals surface area contributed by atoms with Gasteiger partial charge in [-0.2, -0.15) is 0 Å². The fraction of sp³-hybridized carbons (Fsp3) is 0.395. The topological polar surface area (TPSA) is 70.7 Å². The van der Waals surface area contributed by atoms with Crippen LogP contribution < -0.4 is 10.6 Å². The summed E-state index contributed by atoms with van der Waals surface area (Å²) in [6.07, 6.45) is 1.22. The molecule has 1 fully saturated rings. The molecule has 5 rings (SSSR count). The highest BCUT2D eigenvalue weighted by Gasteiger charge is 2.45. The van der Waals surface area contributed by atoms with Gasteiger partial charge in [-0.05, 0) is 62.3 Å². The third kappa shape index (κ3) is 8.98. The summed E-state index contributed by atoms with van der Waals surface area (Å²) in [5.41, 5.74) is 4.03. The van der Waals surface area contributed by atoms with Crippen molar-refractivity contribution in [3.63, 3.8) is 0 Å². The van der Waals surface area contributed by atoms with Crippen LogP contribution in [0.25, 0.3) is 0 Å². The molecule has 5 atom stereocenters. The molecule has 4 aromatic carbocycles. The van der Waals surface area contributed by atoms with E-state index >= 15 is 0 Å². The molecule has 0 aromatic heterocycles. The van der Waals surface area contributed by atoms with Crippen molar-refractivity contribution < 1.29 is 14.3 Å². The second-order valence-electron chi connectivity index (χ2n) is 14.4. The van der Waals surface area contributed by atoms with Crippen molar-refractivity contribution >= 4 is 23.8 Å². The SMILES string of the molecule is CC[C@H](C)[C@H](NC(C)c1ccccc1)C(=O)NCC1CC(SC(c2ccccc2)(c2ccccc2)c2ccccc2)CN1C(=O)OC(C)(C)C. The van der Waals surface area contributed by atoms with Gasteiger partial charge in [0.1, 0.15) is 5.60 Å². The molecule has 2 amide bonds. The first kappa shape index (κ1) is 37.2. The molecule has 264 valence electrons. The highest BCUT2D eigenvalue weighted by atomic mass is 32.2. The van der Waals surface area contributed by atoms with Crippen molar-refractivity contribution in [2.24, 2.45) is 5.92 Å². The van der Waals surface area contributed by atoms with E-state index in [4.69, 9.17) is 4.74 Å². The zero-order chi connectivity index (χ0) is 35.7. The Balaban J connectivity index is 1.43. The van der Waals surface area contributed by atoms with Crippen molar-refractivity contribution in [1.29, 1.82) is 0 Å². The number of thioether (sulfide) groups is 1. The number of likely N-dealkylation sites (tertiary alicyclic amines) is 1. The highest BCUT2D eigenvalue weighted by molar-refractivity contribution is 8.01. The first-order valence-electron chi connectivity index (χ1n) is 17.9. The monoisotopic (exact) mass is 691 g/mol. The smallest absolute Gasteiger partial charge is 0.410 e. The summed E-state index contributed by atoms with van der Waals surface area (Å²) in [5.74, 6) is 0.0767. The minimum absolute atomic E-state index is 0.00792. The van der Waals surface area contributed by atoms with E-state index in [9.17, 15) is 9.59 Å². The summed E-state index contributed by atoms with van der Waals surface area (Å²) >= 11 is 1.88. The van der Waals surface area contributed by atoms with E-state index in [1.54, 1.807) is 0 Å². The van der Waals surface area contributed by atoms with Gasteiger partial charge in [-0.15, -0.1) is 11.8 Å². The van der Waals surface area contributed by atoms with E-state index < -0.39 is 10.3 Å². The van der Waals surface area contributed by atoms with Gasteiger partial charge in [-0.1, -0.05) is 142 Å². The van der Waals surface area contributed by atoms with Crippen molar-refractivity contribution in [3.05, 3.63) is 144 Å². The molecule has 0 aliphatic carbocycles. The number of hydrogen-bond acceptors (Lipinski definition) is 5. The fourth-order valence-electron chi connectivity index (χ4n) is 6.84. The maximum atomic E-state index is 13.9. The third-order valence-corrected chi connectivity index (χ3v) is 11.4. The van der Waals surface area contributed by atoms with Gasteiger partial charge < -0.3 is 15.0 Å². The molecule has 1 saturated heterocycles. The number of amides is 2. The van der Waals surface area contributed by atoms with Gasteiger partial charge in [0.15, 0.2) is 0 Å². The maximum absolute atomic E-state index is 13.9. The molecule has 1 aliphatic heterocycles. The molecular formula is C43H53N3O3S. The average Bonchev–Trinajstić information content (AvgIpc) is 3.55. The Bertz CT molecular complexity index is 1550. The standard InChI is InChI=1S/C43H53N3O3S/c1-7-31(2)39(45-32(3)33-20-12-8-13-21-33)40(47)44-29-37-28-38(30-46(37)41(48)49-42(4,5)6)50-43(34-22-14-9-15-23-34,35-24-16-10-17-25-35)36-26-18-11-19-27-36/h8-27,31-32,37-39,45H,7,28-30H2,1-6H3,(H,44,47)/t31-,32?,37?,38?,39-/m0/s1. The summed E-state index contributed by atoms with van der Waals surface area (Å²) < 4.78 is 5.43. The largest absolute Gasteiger partial charge is 0.444 e. The maximum Gasteiger partial charge on any atom is 0.410 e. The lowest BCUT2D eigenvalue weighted by Crippen LogP contribution is -2.52. The minimum atomic E-state index is -0.642. The molecule has 1 heterocycles. The Morgan fingerprint density at radius 1 is 0.800 bits per heavy atom. The number of rotatable bonds is 13.